The van der Waals surface area contributed by atoms with Crippen LogP contribution >= 0.6 is 11.6 Å². The van der Waals surface area contributed by atoms with Crippen LogP contribution in [0.2, 0.25) is 5.02 Å². The summed E-state index contributed by atoms with van der Waals surface area (Å²) in [5.41, 5.74) is 0.950. The summed E-state index contributed by atoms with van der Waals surface area (Å²) in [5, 5.41) is 8.18. The summed E-state index contributed by atoms with van der Waals surface area (Å²) < 4.78 is 0. The summed E-state index contributed by atoms with van der Waals surface area (Å²) in [4.78, 5) is 22.4. The van der Waals surface area contributed by atoms with Crippen LogP contribution in [0.15, 0.2) is 35.1 Å². The highest BCUT2D eigenvalue weighted by Gasteiger charge is 2.06. The predicted molar refractivity (Wildman–Crippen MR) is 68.9 cm³/mol. The van der Waals surface area contributed by atoms with Crippen LogP contribution in [0, 0.1) is 0 Å². The highest BCUT2D eigenvalue weighted by atomic mass is 35.5. The van der Waals surface area contributed by atoms with E-state index >= 15 is 0 Å². The van der Waals surface area contributed by atoms with Crippen molar-refractivity contribution in [2.24, 2.45) is 0 Å². The number of nitrogens with one attached hydrogen (secondary N) is 3. The predicted octanol–water partition coefficient (Wildman–Crippen LogP) is 1.33. The molecule has 94 valence electrons. The molecule has 0 radical (unpaired) electrons. The second kappa shape index (κ2) is 5.55. The van der Waals surface area contributed by atoms with E-state index in [9.17, 15) is 9.59 Å². The number of hydrogen-bond acceptors (Lipinski definition) is 2. The minimum absolute atomic E-state index is 0.228. The Hall–Kier alpha value is -2.01. The van der Waals surface area contributed by atoms with E-state index in [1.54, 1.807) is 6.07 Å². The first kappa shape index (κ1) is 12.4. The topological polar surface area (TPSA) is 77.8 Å². The van der Waals surface area contributed by atoms with Gasteiger partial charge in [-0.2, -0.15) is 0 Å². The van der Waals surface area contributed by atoms with Crippen LogP contribution in [0.4, 0.5) is 0 Å². The summed E-state index contributed by atoms with van der Waals surface area (Å²) in [5.74, 6) is -0.310. The largest absolute Gasteiger partial charge is 0.350 e. The van der Waals surface area contributed by atoms with E-state index in [1.165, 1.54) is 6.07 Å². The van der Waals surface area contributed by atoms with Gasteiger partial charge in [-0.15, -0.1) is 0 Å². The number of amides is 1. The number of rotatable bonds is 4. The first-order valence-corrected chi connectivity index (χ1v) is 5.83. The molecule has 1 aromatic heterocycles. The van der Waals surface area contributed by atoms with Gasteiger partial charge in [-0.25, -0.2) is 0 Å². The Bertz CT molecular complexity index is 603. The van der Waals surface area contributed by atoms with Crippen LogP contribution in [0.5, 0.6) is 0 Å². The van der Waals surface area contributed by atoms with Crippen LogP contribution in [-0.4, -0.2) is 22.6 Å². The number of carbonyl (C=O) groups is 1. The molecule has 1 heterocycles. The zero-order valence-corrected chi connectivity index (χ0v) is 10.3. The van der Waals surface area contributed by atoms with Gasteiger partial charge in [0.2, 0.25) is 0 Å². The molecule has 1 amide bonds. The van der Waals surface area contributed by atoms with E-state index in [2.05, 4.69) is 15.5 Å². The van der Waals surface area contributed by atoms with Gasteiger partial charge in [0.05, 0.1) is 0 Å². The Morgan fingerprint density at radius 1 is 1.28 bits per heavy atom. The molecule has 2 aromatic rings. The van der Waals surface area contributed by atoms with Crippen molar-refractivity contribution in [1.29, 1.82) is 0 Å². The van der Waals surface area contributed by atoms with Crippen LogP contribution < -0.4 is 10.9 Å². The lowest BCUT2D eigenvalue weighted by Gasteiger charge is -2.04. The second-order valence-electron chi connectivity index (χ2n) is 3.81. The number of halogens is 1. The summed E-state index contributed by atoms with van der Waals surface area (Å²) >= 11 is 5.85. The fraction of sp³-hybridized carbons (Fsp3) is 0.167. The van der Waals surface area contributed by atoms with Crippen molar-refractivity contribution in [3.05, 3.63) is 57.0 Å². The van der Waals surface area contributed by atoms with Gasteiger partial charge in [0.15, 0.2) is 0 Å². The molecular weight excluding hydrogens is 254 g/mol. The Morgan fingerprint density at radius 3 is 2.78 bits per heavy atom. The zero-order chi connectivity index (χ0) is 13.0. The maximum atomic E-state index is 11.6. The third kappa shape index (κ3) is 3.24. The minimum Gasteiger partial charge on any atom is -0.350 e. The van der Waals surface area contributed by atoms with Crippen LogP contribution in [0.3, 0.4) is 0 Å². The van der Waals surface area contributed by atoms with E-state index in [0.717, 1.165) is 5.56 Å². The van der Waals surface area contributed by atoms with Gasteiger partial charge >= 0.3 is 0 Å². The number of aromatic nitrogens is 2. The molecule has 0 aliphatic rings. The Labute approximate surface area is 108 Å². The van der Waals surface area contributed by atoms with Gasteiger partial charge in [-0.3, -0.25) is 19.8 Å². The van der Waals surface area contributed by atoms with E-state index in [1.807, 2.05) is 18.2 Å². The normalized spacial score (nSPS) is 10.3. The second-order valence-corrected chi connectivity index (χ2v) is 4.24. The summed E-state index contributed by atoms with van der Waals surface area (Å²) in [6.07, 6.45) is 0.682. The van der Waals surface area contributed by atoms with E-state index in [-0.39, 0.29) is 17.2 Å². The van der Waals surface area contributed by atoms with Crippen molar-refractivity contribution >= 4 is 17.5 Å². The van der Waals surface area contributed by atoms with Crippen molar-refractivity contribution in [2.45, 2.75) is 6.42 Å². The fourth-order valence-electron chi connectivity index (χ4n) is 1.56. The van der Waals surface area contributed by atoms with Crippen LogP contribution in [0.25, 0.3) is 0 Å². The van der Waals surface area contributed by atoms with E-state index in [0.29, 0.717) is 18.0 Å². The lowest BCUT2D eigenvalue weighted by molar-refractivity contribution is 0.0949. The zero-order valence-electron chi connectivity index (χ0n) is 9.50. The molecule has 0 fully saturated rings. The molecule has 1 aromatic carbocycles. The molecule has 0 aliphatic heterocycles. The number of benzene rings is 1. The minimum atomic E-state index is -0.324. The average Bonchev–Trinajstić information content (AvgIpc) is 2.76. The van der Waals surface area contributed by atoms with E-state index < -0.39 is 0 Å². The standard InChI is InChI=1S/C12H12ClN3O2/c13-9-3-1-2-8(6-9)4-5-14-12(18)10-7-11(17)16-15-10/h1-3,6-7H,4-5H2,(H,14,18)(H2,15,16,17). The maximum Gasteiger partial charge on any atom is 0.269 e. The first-order valence-electron chi connectivity index (χ1n) is 5.45. The highest BCUT2D eigenvalue weighted by molar-refractivity contribution is 6.30. The Balaban J connectivity index is 1.86. The van der Waals surface area contributed by atoms with Crippen molar-refractivity contribution in [1.82, 2.24) is 15.5 Å². The fourth-order valence-corrected chi connectivity index (χ4v) is 1.78. The lowest BCUT2D eigenvalue weighted by Crippen LogP contribution is -2.26. The average molecular weight is 266 g/mol. The number of aromatic amines is 2. The quantitative estimate of drug-likeness (QED) is 0.780. The smallest absolute Gasteiger partial charge is 0.269 e. The number of carbonyl (C=O) groups excluding carboxylic acids is 1. The summed E-state index contributed by atoms with van der Waals surface area (Å²) in [6, 6.07) is 8.67. The molecule has 3 N–H and O–H groups in total. The molecule has 0 atom stereocenters. The van der Waals surface area contributed by atoms with Gasteiger partial charge in [0.25, 0.3) is 11.5 Å². The molecule has 0 saturated carbocycles. The first-order chi connectivity index (χ1) is 8.65. The summed E-state index contributed by atoms with van der Waals surface area (Å²) in [7, 11) is 0. The van der Waals surface area contributed by atoms with Crippen molar-refractivity contribution in [3.8, 4) is 0 Å². The summed E-state index contributed by atoms with van der Waals surface area (Å²) in [6.45, 7) is 0.479. The molecule has 5 nitrogen and oxygen atoms in total. The number of hydrogen-bond donors (Lipinski definition) is 3. The Morgan fingerprint density at radius 2 is 2.11 bits per heavy atom. The van der Waals surface area contributed by atoms with Gasteiger partial charge < -0.3 is 5.32 Å². The molecule has 0 unspecified atom stereocenters. The molecular formula is C12H12ClN3O2. The molecule has 2 rings (SSSR count). The van der Waals surface area contributed by atoms with Crippen molar-refractivity contribution in [3.63, 3.8) is 0 Å². The van der Waals surface area contributed by atoms with Crippen LogP contribution in [-0.2, 0) is 6.42 Å². The Kier molecular flexibility index (Phi) is 3.84. The molecule has 0 spiro atoms. The monoisotopic (exact) mass is 265 g/mol. The molecule has 6 heteroatoms. The maximum absolute atomic E-state index is 11.6. The van der Waals surface area contributed by atoms with Gasteiger partial charge in [-0.1, -0.05) is 23.7 Å². The van der Waals surface area contributed by atoms with Gasteiger partial charge in [0.1, 0.15) is 5.69 Å². The van der Waals surface area contributed by atoms with Crippen LogP contribution in [0.1, 0.15) is 16.1 Å². The molecule has 18 heavy (non-hydrogen) atoms. The van der Waals surface area contributed by atoms with E-state index in [4.69, 9.17) is 11.6 Å². The van der Waals surface area contributed by atoms with Gasteiger partial charge in [0, 0.05) is 17.6 Å². The molecule has 0 bridgehead atoms. The molecule has 0 aliphatic carbocycles. The highest BCUT2D eigenvalue weighted by Crippen LogP contribution is 2.10. The van der Waals surface area contributed by atoms with Crippen molar-refractivity contribution in [2.75, 3.05) is 6.54 Å². The SMILES string of the molecule is O=C(NCCc1cccc(Cl)c1)c1cc(=O)[nH][nH]1. The number of H-pyrrole nitrogens is 2. The van der Waals surface area contributed by atoms with Crippen molar-refractivity contribution < 1.29 is 4.79 Å². The van der Waals surface area contributed by atoms with Gasteiger partial charge in [-0.05, 0) is 24.1 Å². The third-order valence-corrected chi connectivity index (χ3v) is 2.66. The molecule has 0 saturated heterocycles. The third-order valence-electron chi connectivity index (χ3n) is 2.43. The lowest BCUT2D eigenvalue weighted by atomic mass is 10.1.